The summed E-state index contributed by atoms with van der Waals surface area (Å²) < 4.78 is 5.28. The molecule has 1 fully saturated rings. The molecule has 0 amide bonds. The second-order valence-corrected chi connectivity index (χ2v) is 4.49. The summed E-state index contributed by atoms with van der Waals surface area (Å²) in [5.41, 5.74) is 0. The highest BCUT2D eigenvalue weighted by Gasteiger charge is 2.23. The van der Waals surface area contributed by atoms with E-state index < -0.39 is 0 Å². The van der Waals surface area contributed by atoms with Crippen molar-refractivity contribution in [2.75, 3.05) is 13.2 Å². The number of hydrogen-bond donors (Lipinski definition) is 0. The van der Waals surface area contributed by atoms with Crippen LogP contribution < -0.4 is 0 Å². The van der Waals surface area contributed by atoms with Crippen LogP contribution in [0.2, 0.25) is 0 Å². The van der Waals surface area contributed by atoms with E-state index in [-0.39, 0.29) is 5.25 Å². The molecule has 0 radical (unpaired) electrons. The van der Waals surface area contributed by atoms with E-state index in [1.807, 2.05) is 30.3 Å². The maximum absolute atomic E-state index is 11.5. The van der Waals surface area contributed by atoms with Crippen molar-refractivity contribution in [3.05, 3.63) is 30.3 Å². The molecule has 1 aromatic carbocycles. The van der Waals surface area contributed by atoms with Crippen LogP contribution in [-0.4, -0.2) is 24.2 Å². The molecule has 1 aliphatic heterocycles. The lowest BCUT2D eigenvalue weighted by atomic mass is 10.2. The van der Waals surface area contributed by atoms with Gasteiger partial charge in [-0.1, -0.05) is 18.2 Å². The third-order valence-electron chi connectivity index (χ3n) is 2.14. The molecule has 1 aliphatic rings. The molecule has 0 N–H and O–H groups in total. The van der Waals surface area contributed by atoms with Crippen molar-refractivity contribution < 1.29 is 9.53 Å². The van der Waals surface area contributed by atoms with Gasteiger partial charge in [-0.25, -0.2) is 0 Å². The fourth-order valence-corrected chi connectivity index (χ4v) is 2.44. The fourth-order valence-electron chi connectivity index (χ4n) is 1.38. The molecule has 1 unspecified atom stereocenters. The van der Waals surface area contributed by atoms with Crippen molar-refractivity contribution in [3.63, 3.8) is 0 Å². The number of carbonyl (C=O) groups excluding carboxylic acids is 1. The summed E-state index contributed by atoms with van der Waals surface area (Å²) in [5, 5.41) is -0.00819. The highest BCUT2D eigenvalue weighted by atomic mass is 32.2. The van der Waals surface area contributed by atoms with E-state index >= 15 is 0 Å². The van der Waals surface area contributed by atoms with Gasteiger partial charge >= 0.3 is 0 Å². The summed E-state index contributed by atoms with van der Waals surface area (Å²) in [6.07, 6.45) is 0.560. The van der Waals surface area contributed by atoms with Gasteiger partial charge in [0.15, 0.2) is 5.78 Å². The van der Waals surface area contributed by atoms with Crippen LogP contribution in [0.1, 0.15) is 6.42 Å². The predicted molar refractivity (Wildman–Crippen MR) is 56.5 cm³/mol. The second-order valence-electron chi connectivity index (χ2n) is 3.21. The molecule has 0 aromatic heterocycles. The first-order valence-electron chi connectivity index (χ1n) is 4.68. The van der Waals surface area contributed by atoms with Gasteiger partial charge in [0.25, 0.3) is 0 Å². The van der Waals surface area contributed by atoms with E-state index in [0.29, 0.717) is 25.4 Å². The molecule has 1 saturated heterocycles. The summed E-state index contributed by atoms with van der Waals surface area (Å²) in [4.78, 5) is 12.6. The standard InChI is InChI=1S/C11H12O2S/c12-10-6-7-13-8-11(10)14-9-4-2-1-3-5-9/h1-5,11H,6-8H2. The Morgan fingerprint density at radius 1 is 1.29 bits per heavy atom. The van der Waals surface area contributed by atoms with E-state index in [4.69, 9.17) is 4.74 Å². The number of rotatable bonds is 2. The Morgan fingerprint density at radius 3 is 2.79 bits per heavy atom. The average Bonchev–Trinajstić information content (AvgIpc) is 2.23. The SMILES string of the molecule is O=C1CCOCC1Sc1ccccc1. The minimum atomic E-state index is -0.00819. The van der Waals surface area contributed by atoms with Crippen LogP contribution in [0.3, 0.4) is 0 Å². The third kappa shape index (κ3) is 2.36. The van der Waals surface area contributed by atoms with Crippen LogP contribution >= 0.6 is 11.8 Å². The minimum absolute atomic E-state index is 0.00819. The molecule has 3 heteroatoms. The number of carbonyl (C=O) groups is 1. The quantitative estimate of drug-likeness (QED) is 0.744. The molecule has 0 saturated carbocycles. The topological polar surface area (TPSA) is 26.3 Å². The van der Waals surface area contributed by atoms with Crippen LogP contribution in [0.15, 0.2) is 35.2 Å². The predicted octanol–water partition coefficient (Wildman–Crippen LogP) is 2.14. The largest absolute Gasteiger partial charge is 0.379 e. The van der Waals surface area contributed by atoms with Gasteiger partial charge in [0, 0.05) is 11.3 Å². The molecule has 1 heterocycles. The first-order chi connectivity index (χ1) is 6.86. The molecule has 14 heavy (non-hydrogen) atoms. The van der Waals surface area contributed by atoms with Crippen molar-refractivity contribution >= 4 is 17.5 Å². The number of Topliss-reactive ketones (excluding diaryl/α,β-unsaturated/α-hetero) is 1. The zero-order chi connectivity index (χ0) is 9.80. The Morgan fingerprint density at radius 2 is 2.07 bits per heavy atom. The molecule has 74 valence electrons. The van der Waals surface area contributed by atoms with E-state index in [1.165, 1.54) is 0 Å². The molecular formula is C11H12O2S. The molecule has 1 atom stereocenters. The average molecular weight is 208 g/mol. The summed E-state index contributed by atoms with van der Waals surface area (Å²) in [6.45, 7) is 1.14. The van der Waals surface area contributed by atoms with Crippen LogP contribution in [0, 0.1) is 0 Å². The van der Waals surface area contributed by atoms with E-state index in [2.05, 4.69) is 0 Å². The van der Waals surface area contributed by atoms with E-state index in [1.54, 1.807) is 11.8 Å². The van der Waals surface area contributed by atoms with Gasteiger partial charge < -0.3 is 4.74 Å². The molecule has 2 nitrogen and oxygen atoms in total. The lowest BCUT2D eigenvalue weighted by molar-refractivity contribution is -0.123. The molecule has 0 spiro atoms. The smallest absolute Gasteiger partial charge is 0.150 e. The Kier molecular flexibility index (Phi) is 3.22. The van der Waals surface area contributed by atoms with Gasteiger partial charge in [-0.3, -0.25) is 4.79 Å². The van der Waals surface area contributed by atoms with Crippen molar-refractivity contribution in [2.24, 2.45) is 0 Å². The Bertz CT molecular complexity index is 310. The maximum Gasteiger partial charge on any atom is 0.150 e. The highest BCUT2D eigenvalue weighted by Crippen LogP contribution is 2.26. The monoisotopic (exact) mass is 208 g/mol. The van der Waals surface area contributed by atoms with Crippen LogP contribution in [0.5, 0.6) is 0 Å². The lowest BCUT2D eigenvalue weighted by Crippen LogP contribution is -2.29. The van der Waals surface area contributed by atoms with Gasteiger partial charge in [0.05, 0.1) is 18.5 Å². The normalized spacial score (nSPS) is 22.3. The first-order valence-corrected chi connectivity index (χ1v) is 5.56. The van der Waals surface area contributed by atoms with Gasteiger partial charge in [-0.05, 0) is 12.1 Å². The van der Waals surface area contributed by atoms with Crippen LogP contribution in [-0.2, 0) is 9.53 Å². The summed E-state index contributed by atoms with van der Waals surface area (Å²) in [5.74, 6) is 0.310. The highest BCUT2D eigenvalue weighted by molar-refractivity contribution is 8.00. The molecule has 2 rings (SSSR count). The van der Waals surface area contributed by atoms with Gasteiger partial charge in [0.2, 0.25) is 0 Å². The van der Waals surface area contributed by atoms with Crippen molar-refractivity contribution in [1.29, 1.82) is 0 Å². The van der Waals surface area contributed by atoms with Crippen LogP contribution in [0.4, 0.5) is 0 Å². The summed E-state index contributed by atoms with van der Waals surface area (Å²) in [6, 6.07) is 9.98. The maximum atomic E-state index is 11.5. The zero-order valence-corrected chi connectivity index (χ0v) is 8.63. The van der Waals surface area contributed by atoms with Crippen molar-refractivity contribution in [3.8, 4) is 0 Å². The van der Waals surface area contributed by atoms with Crippen molar-refractivity contribution in [1.82, 2.24) is 0 Å². The number of thioether (sulfide) groups is 1. The number of hydrogen-bond acceptors (Lipinski definition) is 3. The fraction of sp³-hybridized carbons (Fsp3) is 0.364. The Balaban J connectivity index is 2.00. The van der Waals surface area contributed by atoms with Gasteiger partial charge in [-0.2, -0.15) is 0 Å². The van der Waals surface area contributed by atoms with Gasteiger partial charge in [-0.15, -0.1) is 11.8 Å². The zero-order valence-electron chi connectivity index (χ0n) is 7.81. The Hall–Kier alpha value is -0.800. The number of benzene rings is 1. The number of ether oxygens (including phenoxy) is 1. The summed E-state index contributed by atoms with van der Waals surface area (Å²) >= 11 is 1.60. The first kappa shape index (κ1) is 9.74. The van der Waals surface area contributed by atoms with E-state index in [9.17, 15) is 4.79 Å². The van der Waals surface area contributed by atoms with Crippen LogP contribution in [0.25, 0.3) is 0 Å². The second kappa shape index (κ2) is 4.62. The third-order valence-corrected chi connectivity index (χ3v) is 3.37. The van der Waals surface area contributed by atoms with E-state index in [0.717, 1.165) is 4.90 Å². The summed E-state index contributed by atoms with van der Waals surface area (Å²) in [7, 11) is 0. The molecular weight excluding hydrogens is 196 g/mol. The van der Waals surface area contributed by atoms with Gasteiger partial charge in [0.1, 0.15) is 0 Å². The number of ketones is 1. The Labute approximate surface area is 87.6 Å². The van der Waals surface area contributed by atoms with Crippen molar-refractivity contribution in [2.45, 2.75) is 16.6 Å². The molecule has 0 bridgehead atoms. The molecule has 0 aliphatic carbocycles. The minimum Gasteiger partial charge on any atom is -0.379 e. The molecule has 1 aromatic rings. The lowest BCUT2D eigenvalue weighted by Gasteiger charge is -2.20.